The summed E-state index contributed by atoms with van der Waals surface area (Å²) in [6.07, 6.45) is 6.99. The molecule has 1 N–H and O–H groups in total. The van der Waals surface area contributed by atoms with Crippen molar-refractivity contribution in [3.8, 4) is 11.5 Å². The van der Waals surface area contributed by atoms with Gasteiger partial charge in [-0.15, -0.1) is 0 Å². The van der Waals surface area contributed by atoms with Crippen molar-refractivity contribution in [3.63, 3.8) is 0 Å². The van der Waals surface area contributed by atoms with Gasteiger partial charge in [-0.25, -0.2) is 9.48 Å². The van der Waals surface area contributed by atoms with Crippen LogP contribution in [0.5, 0.6) is 11.5 Å². The van der Waals surface area contributed by atoms with E-state index in [1.54, 1.807) is 23.9 Å². The zero-order valence-corrected chi connectivity index (χ0v) is 18.6. The minimum Gasteiger partial charge on any atom is -0.508 e. The highest BCUT2D eigenvalue weighted by Gasteiger charge is 2.14. The molecule has 3 rings (SSSR count). The van der Waals surface area contributed by atoms with Gasteiger partial charge in [-0.3, -0.25) is 4.57 Å². The molecule has 0 fully saturated rings. The van der Waals surface area contributed by atoms with Crippen molar-refractivity contribution < 1.29 is 9.84 Å². The Morgan fingerprint density at radius 2 is 1.77 bits per heavy atom. The number of hydrogen-bond donors (Lipinski definition) is 1. The van der Waals surface area contributed by atoms with Crippen LogP contribution in [0.4, 0.5) is 0 Å². The first-order chi connectivity index (χ1) is 15.1. The Hall–Kier alpha value is -3.02. The molecule has 0 atom stereocenters. The van der Waals surface area contributed by atoms with Gasteiger partial charge in [0.15, 0.2) is 0 Å². The maximum absolute atomic E-state index is 13.1. The van der Waals surface area contributed by atoms with Gasteiger partial charge in [0.2, 0.25) is 0 Å². The molecule has 0 aliphatic rings. The molecule has 0 spiro atoms. The Balaban J connectivity index is 1.73. The summed E-state index contributed by atoms with van der Waals surface area (Å²) < 4.78 is 8.73. The van der Waals surface area contributed by atoms with E-state index in [1.165, 1.54) is 18.4 Å². The lowest BCUT2D eigenvalue weighted by atomic mass is 10.1. The molecule has 0 bridgehead atoms. The molecule has 0 aliphatic heterocycles. The Labute approximate surface area is 184 Å². The van der Waals surface area contributed by atoms with Crippen molar-refractivity contribution in [2.75, 3.05) is 7.11 Å². The number of ether oxygens (including phenoxy) is 1. The van der Waals surface area contributed by atoms with Crippen LogP contribution in [-0.2, 0) is 25.9 Å². The standard InChI is InChI=1S/C25H33N3O3/c1-3-4-5-6-17-27-24(12-8-9-20-13-15-22(29)16-14-20)26-28(25(27)30)19-21-10-7-11-23(18-21)31-2/h7,10-11,13-16,18,29H,3-6,8-9,12,17,19H2,1-2H3. The van der Waals surface area contributed by atoms with E-state index < -0.39 is 0 Å². The molecule has 0 aliphatic carbocycles. The van der Waals surface area contributed by atoms with E-state index in [-0.39, 0.29) is 11.4 Å². The van der Waals surface area contributed by atoms with Crippen LogP contribution in [0.3, 0.4) is 0 Å². The minimum absolute atomic E-state index is 0.0426. The molecule has 2 aromatic carbocycles. The third-order valence-corrected chi connectivity index (χ3v) is 5.50. The maximum atomic E-state index is 13.1. The fraction of sp³-hybridized carbons (Fsp3) is 0.440. The average molecular weight is 424 g/mol. The number of hydrogen-bond acceptors (Lipinski definition) is 4. The van der Waals surface area contributed by atoms with E-state index in [1.807, 2.05) is 41.0 Å². The van der Waals surface area contributed by atoms with Crippen LogP contribution < -0.4 is 10.4 Å². The molecule has 1 aromatic heterocycles. The third-order valence-electron chi connectivity index (χ3n) is 5.50. The molecule has 0 unspecified atom stereocenters. The quantitative estimate of drug-likeness (QED) is 0.434. The smallest absolute Gasteiger partial charge is 0.346 e. The maximum Gasteiger partial charge on any atom is 0.346 e. The lowest BCUT2D eigenvalue weighted by Gasteiger charge is -2.06. The van der Waals surface area contributed by atoms with E-state index in [0.29, 0.717) is 13.1 Å². The van der Waals surface area contributed by atoms with Gasteiger partial charge in [-0.1, -0.05) is 50.5 Å². The van der Waals surface area contributed by atoms with Crippen molar-refractivity contribution >= 4 is 0 Å². The molecule has 0 saturated carbocycles. The average Bonchev–Trinajstić information content (AvgIpc) is 3.07. The first-order valence-electron chi connectivity index (χ1n) is 11.2. The van der Waals surface area contributed by atoms with E-state index >= 15 is 0 Å². The zero-order valence-electron chi connectivity index (χ0n) is 18.6. The molecule has 6 nitrogen and oxygen atoms in total. The summed E-state index contributed by atoms with van der Waals surface area (Å²) in [7, 11) is 1.64. The molecule has 0 radical (unpaired) electrons. The molecular formula is C25H33N3O3. The summed E-state index contributed by atoms with van der Waals surface area (Å²) in [6.45, 7) is 3.33. The highest BCUT2D eigenvalue weighted by Crippen LogP contribution is 2.15. The van der Waals surface area contributed by atoms with E-state index in [0.717, 1.165) is 49.2 Å². The number of unbranched alkanes of at least 4 members (excludes halogenated alkanes) is 3. The Kier molecular flexibility index (Phi) is 8.33. The van der Waals surface area contributed by atoms with Crippen LogP contribution in [0, 0.1) is 0 Å². The summed E-state index contributed by atoms with van der Waals surface area (Å²) in [4.78, 5) is 13.1. The number of nitrogens with zero attached hydrogens (tertiary/aromatic N) is 3. The van der Waals surface area contributed by atoms with Crippen molar-refractivity contribution in [1.29, 1.82) is 0 Å². The first-order valence-corrected chi connectivity index (χ1v) is 11.2. The van der Waals surface area contributed by atoms with Gasteiger partial charge >= 0.3 is 5.69 Å². The fourth-order valence-electron chi connectivity index (χ4n) is 3.75. The van der Waals surface area contributed by atoms with E-state index in [4.69, 9.17) is 9.84 Å². The van der Waals surface area contributed by atoms with Crippen molar-refractivity contribution in [2.45, 2.75) is 65.0 Å². The van der Waals surface area contributed by atoms with Gasteiger partial charge in [-0.2, -0.15) is 5.10 Å². The van der Waals surface area contributed by atoms with Crippen LogP contribution in [0.25, 0.3) is 0 Å². The van der Waals surface area contributed by atoms with Gasteiger partial charge in [0.1, 0.15) is 17.3 Å². The summed E-state index contributed by atoms with van der Waals surface area (Å²) in [5.74, 6) is 1.91. The summed E-state index contributed by atoms with van der Waals surface area (Å²) >= 11 is 0. The normalized spacial score (nSPS) is 11.0. The minimum atomic E-state index is -0.0426. The number of methoxy groups -OCH3 is 1. The molecule has 31 heavy (non-hydrogen) atoms. The van der Waals surface area contributed by atoms with Crippen LogP contribution in [0.15, 0.2) is 53.3 Å². The van der Waals surface area contributed by atoms with Crippen LogP contribution in [0.1, 0.15) is 56.0 Å². The van der Waals surface area contributed by atoms with Gasteiger partial charge < -0.3 is 9.84 Å². The van der Waals surface area contributed by atoms with Crippen molar-refractivity contribution in [2.24, 2.45) is 0 Å². The number of benzene rings is 2. The molecule has 3 aromatic rings. The SMILES string of the molecule is CCCCCCn1c(CCCc2ccc(O)cc2)nn(Cc2cccc(OC)c2)c1=O. The summed E-state index contributed by atoms with van der Waals surface area (Å²) in [5, 5.41) is 14.1. The summed E-state index contributed by atoms with van der Waals surface area (Å²) in [5.41, 5.74) is 2.12. The van der Waals surface area contributed by atoms with Gasteiger partial charge in [0.25, 0.3) is 0 Å². The molecule has 166 valence electrons. The number of phenols is 1. The van der Waals surface area contributed by atoms with Crippen LogP contribution >= 0.6 is 0 Å². The Morgan fingerprint density at radius 1 is 0.968 bits per heavy atom. The van der Waals surface area contributed by atoms with E-state index in [9.17, 15) is 9.90 Å². The molecule has 0 saturated heterocycles. The van der Waals surface area contributed by atoms with E-state index in [2.05, 4.69) is 6.92 Å². The number of aromatic hydroxyl groups is 1. The lowest BCUT2D eigenvalue weighted by Crippen LogP contribution is -2.26. The number of aryl methyl sites for hydroxylation is 2. The van der Waals surface area contributed by atoms with Crippen LogP contribution in [0.2, 0.25) is 0 Å². The topological polar surface area (TPSA) is 69.3 Å². The van der Waals surface area contributed by atoms with Crippen LogP contribution in [-0.4, -0.2) is 26.6 Å². The summed E-state index contributed by atoms with van der Waals surface area (Å²) in [6, 6.07) is 15.1. The van der Waals surface area contributed by atoms with Gasteiger partial charge in [-0.05, 0) is 54.7 Å². The molecule has 6 heteroatoms. The first kappa shape index (κ1) is 22.7. The molecular weight excluding hydrogens is 390 g/mol. The highest BCUT2D eigenvalue weighted by atomic mass is 16.5. The number of phenolic OH excluding ortho intramolecular Hbond substituents is 1. The monoisotopic (exact) mass is 423 g/mol. The third kappa shape index (κ3) is 6.48. The predicted molar refractivity (Wildman–Crippen MR) is 123 cm³/mol. The van der Waals surface area contributed by atoms with Gasteiger partial charge in [0.05, 0.1) is 13.7 Å². The molecule has 1 heterocycles. The fourth-order valence-corrected chi connectivity index (χ4v) is 3.75. The molecule has 0 amide bonds. The Morgan fingerprint density at radius 3 is 2.52 bits per heavy atom. The Bertz CT molecular complexity index is 1010. The lowest BCUT2D eigenvalue weighted by molar-refractivity contribution is 0.414. The van der Waals surface area contributed by atoms with Crippen molar-refractivity contribution in [1.82, 2.24) is 14.3 Å². The highest BCUT2D eigenvalue weighted by molar-refractivity contribution is 5.28. The second-order valence-corrected chi connectivity index (χ2v) is 7.94. The zero-order chi connectivity index (χ0) is 22.1. The number of aromatic nitrogens is 3. The van der Waals surface area contributed by atoms with Crippen molar-refractivity contribution in [3.05, 3.63) is 76.0 Å². The second kappa shape index (κ2) is 11.4. The number of rotatable bonds is 12. The van der Waals surface area contributed by atoms with Gasteiger partial charge in [0, 0.05) is 13.0 Å². The largest absolute Gasteiger partial charge is 0.508 e. The second-order valence-electron chi connectivity index (χ2n) is 7.94. The predicted octanol–water partition coefficient (Wildman–Crippen LogP) is 4.56.